The number of hydrogen-bond acceptors (Lipinski definition) is 29. The smallest absolute Gasteiger partial charge is 0.876 e. The van der Waals surface area contributed by atoms with E-state index in [0.29, 0.717) is 103 Å². The third-order valence-electron chi connectivity index (χ3n) is 20.3. The van der Waals surface area contributed by atoms with Crippen LogP contribution in [0.15, 0.2) is 121 Å². The van der Waals surface area contributed by atoms with E-state index in [9.17, 15) is 106 Å². The SMILES string of the molecule is C.CC1CCN(C2=CCN(S(C)(=O)=O)CC2)CC1.CC1CCNCC1.CS(=O)(=O)Cl.CS(=O)(=O)N1CC=C([O-])CC1.CS(=O)(=O)N1CCC(=O)C(C(=O)c2ccc(C(F)(F)F)cc2)C1.CS(=O)(=O)N1CCC(=O)CC1.Cc1ccc(-c2n[nH]c3c2CN(S(C)(=O)=O)CC3)cc1.Cc1ccc(C(=O)Cl)cc1.Cl.NN.NN.O=C(Cl)c1ccc(C(F)(F)F)cc1.OC1(O)CCNCC1.[Mg+2].[SH-].[V]. The van der Waals surface area contributed by atoms with E-state index in [1.807, 2.05) is 50.2 Å². The van der Waals surface area contributed by atoms with Crippen LogP contribution in [0.2, 0.25) is 0 Å². The van der Waals surface area contributed by atoms with Crippen molar-refractivity contribution in [1.29, 1.82) is 0 Å². The summed E-state index contributed by atoms with van der Waals surface area (Å²) in [5.74, 6) is 14.4. The fraction of sp³-hybridized carbons (Fsp3) is 0.556. The number of nitrogens with one attached hydrogen (secondary N) is 3. The predicted octanol–water partition coefficient (Wildman–Crippen LogP) is 6.96. The van der Waals surface area contributed by atoms with E-state index in [0.717, 1.165) is 131 Å². The normalized spacial score (nSPS) is 17.9. The molecule has 1 radical (unpaired) electrons. The van der Waals surface area contributed by atoms with Crippen molar-refractivity contribution in [3.05, 3.63) is 171 Å². The van der Waals surface area contributed by atoms with Gasteiger partial charge in [-0.05, 0) is 143 Å². The Morgan fingerprint density at radius 1 is 0.515 bits per heavy atom. The van der Waals surface area contributed by atoms with Gasteiger partial charge in [-0.3, -0.25) is 52.4 Å². The molecule has 5 aromatic rings. The van der Waals surface area contributed by atoms with Crippen LogP contribution in [0, 0.1) is 31.6 Å². The van der Waals surface area contributed by atoms with E-state index in [-0.39, 0.29) is 124 Å². The minimum absolute atomic E-state index is 0. The van der Waals surface area contributed by atoms with E-state index in [4.69, 9.17) is 33.4 Å². The Hall–Kier alpha value is -4.86. The molecule has 4 aromatic carbocycles. The van der Waals surface area contributed by atoms with Crippen molar-refractivity contribution in [3.63, 3.8) is 0 Å². The quantitative estimate of drug-likeness (QED) is 0.00616. The van der Waals surface area contributed by atoms with Gasteiger partial charge in [0.25, 0.3) is 10.5 Å². The molecule has 8 aliphatic heterocycles. The van der Waals surface area contributed by atoms with E-state index < -0.39 is 116 Å². The second-order valence-corrected chi connectivity index (χ2v) is 44.5. The van der Waals surface area contributed by atoms with Crippen LogP contribution >= 0.6 is 46.3 Å². The number of hydrazine groups is 2. The van der Waals surface area contributed by atoms with E-state index in [1.54, 1.807) is 16.4 Å². The maximum Gasteiger partial charge on any atom is 2.00 e. The summed E-state index contributed by atoms with van der Waals surface area (Å²) in [7, 11) is -14.6. The molecule has 1 unspecified atom stereocenters. The average molecular weight is 2170 g/mol. The number of halogens is 10. The van der Waals surface area contributed by atoms with Crippen molar-refractivity contribution in [1.82, 2.24) is 47.3 Å². The first kappa shape index (κ1) is 135. The van der Waals surface area contributed by atoms with Crippen LogP contribution in [0.3, 0.4) is 0 Å². The fourth-order valence-electron chi connectivity index (χ4n) is 12.7. The standard InChI is InChI=1S/C14H14F3NO4S.C14H17N3O2S.C12H22N2O2S.C8H4ClF3O.C8H7ClO.2C6H11NO3S.C6H13N.C5H11NO2.CH3ClO2S.CH4.ClH.Mg.2H4N2.H2S.V/c1-23(21,22)18-7-6-12(19)11(8-18)13(20)9-2-4-10(5-3-9)14(15,16)17;1-10-3-5-11(6-4-10)14-12-9-17(20(2,18)19)8-7-13(12)15-16-14;1-11-3-7-13(8-4-11)12-5-9-14(10-6-12)17(2,15)16;9-7(13)5-1-3-6(4-2-5)8(10,11)12;1-6-2-4-7(5-3-6)8(9)10;2*1-11(9,10)7-4-2-6(8)3-5-7;1-6-2-4-7-5-3-6;7-5(8)1-3-6-4-2-5;1-5(2,3)4;;;;2*1-2;;/h2-5,11H,6-8H2,1H3;3-6H,7-9H2,1-2H3,(H,15,16);5,11H,3-4,6-10H2,1-2H3;1-4H;2-5H,1H3;2-5H2,1H3;2,8H,3-5H2,1H3;6-7H,2-5H2,1H3;6-8H,1-4H2;1H3;1H4;1H;;2*1-2H2;1H2;/q;;;;;;;;;;;;+2;;;;/p-2. The van der Waals surface area contributed by atoms with Crippen molar-refractivity contribution in [2.24, 2.45) is 41.1 Å². The maximum atomic E-state index is 12.5. The van der Waals surface area contributed by atoms with Crippen LogP contribution in [0.1, 0.15) is 156 Å². The molecule has 5 saturated heterocycles. The summed E-state index contributed by atoms with van der Waals surface area (Å²) in [6, 6.07) is 22.5. The molecule has 0 spiro atoms. The Bertz CT molecular complexity index is 5180. The van der Waals surface area contributed by atoms with Gasteiger partial charge in [0.05, 0.1) is 60.3 Å². The van der Waals surface area contributed by atoms with Gasteiger partial charge in [0.1, 0.15) is 11.6 Å². The number of Topliss-reactive ketones (excluding diaryl/α,β-unsaturated/α-hetero) is 3. The number of sulfonamides is 5. The number of nitrogens with zero attached hydrogens (tertiary/aromatic N) is 7. The van der Waals surface area contributed by atoms with Gasteiger partial charge in [-0.15, -0.1) is 18.2 Å². The van der Waals surface area contributed by atoms with Gasteiger partial charge in [-0.2, -0.15) is 44.4 Å². The van der Waals surface area contributed by atoms with Crippen molar-refractivity contribution in [2.75, 3.05) is 136 Å². The number of piperidine rings is 5. The van der Waals surface area contributed by atoms with Crippen molar-refractivity contribution < 1.29 is 135 Å². The van der Waals surface area contributed by atoms with Gasteiger partial charge in [0.2, 0.25) is 59.2 Å². The zero-order chi connectivity index (χ0) is 98.4. The van der Waals surface area contributed by atoms with Gasteiger partial charge in [0.15, 0.2) is 11.6 Å². The summed E-state index contributed by atoms with van der Waals surface area (Å²) in [4.78, 5) is 58.4. The van der Waals surface area contributed by atoms with Crippen LogP contribution in [-0.4, -0.2) is 290 Å². The van der Waals surface area contributed by atoms with E-state index in [1.165, 1.54) is 87.8 Å². The number of H-pyrrole nitrogens is 1. The summed E-state index contributed by atoms with van der Waals surface area (Å²) in [6.07, 6.45) is 10.0. The predicted molar refractivity (Wildman–Crippen MR) is 511 cm³/mol. The topological polar surface area (TPSA) is 530 Å². The van der Waals surface area contributed by atoms with Crippen LogP contribution in [0.25, 0.3) is 11.3 Å². The molecule has 134 heavy (non-hydrogen) atoms. The Kier molecular flexibility index (Phi) is 64.5. The molecule has 759 valence electrons. The first-order chi connectivity index (χ1) is 59.6. The molecule has 0 bridgehead atoms. The Balaban J connectivity index is -0.000000712. The van der Waals surface area contributed by atoms with Crippen molar-refractivity contribution in [3.8, 4) is 11.3 Å². The van der Waals surface area contributed by atoms with Crippen molar-refractivity contribution >= 4 is 170 Å². The first-order valence-electron chi connectivity index (χ1n) is 40.1. The molecule has 34 nitrogen and oxygen atoms in total. The summed E-state index contributed by atoms with van der Waals surface area (Å²) in [5.41, 5.74) is 6.42. The monoisotopic (exact) mass is 2170 g/mol. The number of hydrogen-bond donors (Lipinski definition) is 9. The van der Waals surface area contributed by atoms with E-state index in [2.05, 4.69) is 79.7 Å². The van der Waals surface area contributed by atoms with Gasteiger partial charge in [-0.1, -0.05) is 93.1 Å². The number of aryl methyl sites for hydroxylation is 2. The molecule has 9 heterocycles. The number of thiol groups is 1. The second-order valence-electron chi connectivity index (χ2n) is 30.9. The van der Waals surface area contributed by atoms with Gasteiger partial charge in [-0.25, -0.2) is 59.1 Å². The zero-order valence-corrected chi connectivity index (χ0v) is 87.2. The molecule has 13 rings (SSSR count). The molecule has 5 fully saturated rings. The summed E-state index contributed by atoms with van der Waals surface area (Å²) < 4.78 is 212. The number of aromatic amines is 1. The minimum Gasteiger partial charge on any atom is -0.876 e. The number of carbonyl (C=O) groups excluding carboxylic acids is 5. The molecule has 53 heteroatoms. The number of aliphatic hydroxyl groups is 2. The molecule has 0 amide bonds. The molecule has 13 N–H and O–H groups in total. The third kappa shape index (κ3) is 53.7. The molecule has 1 atom stereocenters. The molecular formula is C81H126Cl4F6MgN14O20S7V. The summed E-state index contributed by atoms with van der Waals surface area (Å²) >= 11 is 10.3. The number of fused-ring (bicyclic) bond motifs is 1. The number of benzene rings is 4. The van der Waals surface area contributed by atoms with Gasteiger partial charge < -0.3 is 44.3 Å². The number of ketones is 3. The molecular weight excluding hydrogens is 2040 g/mol. The Morgan fingerprint density at radius 3 is 1.22 bits per heavy atom. The van der Waals surface area contributed by atoms with Crippen LogP contribution in [0.4, 0.5) is 26.3 Å². The summed E-state index contributed by atoms with van der Waals surface area (Å²) in [6.45, 7) is 17.9. The van der Waals surface area contributed by atoms with Crippen LogP contribution in [-0.2, 0) is 126 Å². The largest absolute Gasteiger partial charge is 2.00 e. The number of aromatic nitrogens is 2. The number of nitrogens with two attached hydrogens (primary N) is 4. The fourth-order valence-corrected chi connectivity index (χ4v) is 16.9. The number of alkyl halides is 6. The van der Waals surface area contributed by atoms with E-state index >= 15 is 0 Å². The summed E-state index contributed by atoms with van der Waals surface area (Å²) in [5, 5.41) is 41.0. The number of likely N-dealkylation sites (tertiary alicyclic amines) is 1. The van der Waals surface area contributed by atoms with Crippen molar-refractivity contribution in [2.45, 2.75) is 137 Å². The Labute approximate surface area is 840 Å². The van der Waals surface area contributed by atoms with Gasteiger partial charge in [0, 0.05) is 205 Å². The maximum absolute atomic E-state index is 12.5. The molecule has 1 aromatic heterocycles. The number of carbonyl (C=O) groups is 5. The molecule has 8 aliphatic rings. The third-order valence-corrected chi connectivity index (χ3v) is 27.1. The zero-order valence-electron chi connectivity index (χ0n) is 75.5. The number of rotatable bonds is 11. The average Bonchev–Trinajstić information content (AvgIpc) is 1.64. The van der Waals surface area contributed by atoms with Crippen LogP contribution < -0.4 is 39.1 Å². The molecule has 0 aliphatic carbocycles. The first-order valence-corrected chi connectivity index (χ1v) is 52.8. The minimum atomic E-state index is -4.52. The molecule has 0 saturated carbocycles. The Morgan fingerprint density at radius 2 is 0.873 bits per heavy atom. The van der Waals surface area contributed by atoms with Gasteiger partial charge >= 0.3 is 35.4 Å². The second kappa shape index (κ2) is 63.8. The van der Waals surface area contributed by atoms with Crippen LogP contribution in [0.5, 0.6) is 0 Å².